The van der Waals surface area contributed by atoms with Gasteiger partial charge in [-0.25, -0.2) is 0 Å². The smallest absolute Gasteiger partial charge is 0.293 e. The number of phenolic OH excluding ortho intramolecular Hbond substituents is 2. The number of aromatic hydroxyl groups is 2. The SMILES string of the molecule is [3H]Oc1ccc(C(Sc2ccccc2O)C(=O)c2ccc(C)cc2)cc1. The highest BCUT2D eigenvalue weighted by molar-refractivity contribution is 8.00. The van der Waals surface area contributed by atoms with E-state index in [0.717, 1.165) is 11.1 Å². The molecule has 0 radical (unpaired) electrons. The third-order valence-corrected chi connectivity index (χ3v) is 5.19. The second-order valence-electron chi connectivity index (χ2n) is 5.76. The van der Waals surface area contributed by atoms with Crippen molar-refractivity contribution in [3.8, 4) is 11.5 Å². The lowest BCUT2D eigenvalue weighted by atomic mass is 10.0. The molecule has 0 bridgehead atoms. The van der Waals surface area contributed by atoms with Gasteiger partial charge in [0.15, 0.2) is 5.78 Å². The highest BCUT2D eigenvalue weighted by Gasteiger charge is 2.24. The summed E-state index contributed by atoms with van der Waals surface area (Å²) in [5, 5.41) is 14.0. The van der Waals surface area contributed by atoms with Gasteiger partial charge in [-0.2, -0.15) is 0 Å². The molecular weight excluding hydrogens is 332 g/mol. The zero-order valence-electron chi connectivity index (χ0n) is 14.7. The lowest BCUT2D eigenvalue weighted by Crippen LogP contribution is -2.10. The molecule has 0 saturated carbocycles. The molecule has 0 saturated heterocycles. The van der Waals surface area contributed by atoms with Crippen LogP contribution in [0.2, 0.25) is 0 Å². The zero-order valence-corrected chi connectivity index (χ0v) is 14.5. The van der Waals surface area contributed by atoms with Gasteiger partial charge in [-0.1, -0.05) is 54.1 Å². The second-order valence-corrected chi connectivity index (χ2v) is 6.91. The number of hydrogen-bond acceptors (Lipinski definition) is 4. The quantitative estimate of drug-likeness (QED) is 0.477. The van der Waals surface area contributed by atoms with E-state index in [-0.39, 0.29) is 11.5 Å². The number of para-hydroxylation sites is 1. The molecule has 0 spiro atoms. The molecular formula is C21H18O3S. The van der Waals surface area contributed by atoms with Crippen molar-refractivity contribution in [3.63, 3.8) is 0 Å². The van der Waals surface area contributed by atoms with Crippen molar-refractivity contribution in [3.05, 3.63) is 89.5 Å². The third kappa shape index (κ3) is 4.03. The summed E-state index contributed by atoms with van der Waals surface area (Å²) in [4.78, 5) is 13.8. The molecule has 3 nitrogen and oxygen atoms in total. The Labute approximate surface area is 152 Å². The van der Waals surface area contributed by atoms with Crippen molar-refractivity contribution in [2.45, 2.75) is 17.1 Å². The largest absolute Gasteiger partial charge is 0.508 e. The molecule has 0 aliphatic carbocycles. The molecule has 3 rings (SSSR count). The standard InChI is InChI=1S/C21H18O3S/c1-14-6-8-15(9-7-14)20(24)21(16-10-12-17(22)13-11-16)25-19-5-3-2-4-18(19)23/h2-13,21-23H,1H3/i/hT. The number of thioether (sulfide) groups is 1. The van der Waals surface area contributed by atoms with Crippen molar-refractivity contribution in [1.29, 1.82) is 1.43 Å². The number of ketones is 1. The molecule has 1 atom stereocenters. The van der Waals surface area contributed by atoms with E-state index < -0.39 is 5.25 Å². The normalized spacial score (nSPS) is 12.3. The van der Waals surface area contributed by atoms with Gasteiger partial charge in [-0.3, -0.25) is 4.79 Å². The van der Waals surface area contributed by atoms with Crippen LogP contribution in [0.15, 0.2) is 77.7 Å². The molecule has 0 aromatic heterocycles. The molecule has 0 aliphatic rings. The van der Waals surface area contributed by atoms with E-state index in [4.69, 9.17) is 1.43 Å². The Morgan fingerprint density at radius 2 is 1.68 bits per heavy atom. The first-order chi connectivity index (χ1) is 12.6. The predicted molar refractivity (Wildman–Crippen MR) is 100 cm³/mol. The minimum atomic E-state index is -0.522. The summed E-state index contributed by atoms with van der Waals surface area (Å²) in [6.07, 6.45) is 0. The minimum absolute atomic E-state index is 0.0437. The molecule has 3 aromatic rings. The van der Waals surface area contributed by atoms with Gasteiger partial charge < -0.3 is 10.2 Å². The zero-order chi connectivity index (χ0) is 18.5. The Kier molecular flexibility index (Phi) is 4.70. The average Bonchev–Trinajstić information content (AvgIpc) is 2.67. The van der Waals surface area contributed by atoms with E-state index in [9.17, 15) is 9.90 Å². The Hall–Kier alpha value is -2.72. The Morgan fingerprint density at radius 3 is 2.32 bits per heavy atom. The Morgan fingerprint density at radius 1 is 1.00 bits per heavy atom. The van der Waals surface area contributed by atoms with Gasteiger partial charge in [0.2, 0.25) is 0 Å². The average molecular weight is 352 g/mol. The van der Waals surface area contributed by atoms with E-state index in [0.29, 0.717) is 16.2 Å². The first kappa shape index (κ1) is 15.8. The molecule has 126 valence electrons. The summed E-state index contributed by atoms with van der Waals surface area (Å²) in [5.74, 6) is 0.506. The van der Waals surface area contributed by atoms with Crippen LogP contribution >= 0.6 is 11.8 Å². The highest BCUT2D eigenvalue weighted by atomic mass is 32.2. The number of carbonyl (C=O) groups is 1. The summed E-state index contributed by atoms with van der Waals surface area (Å²) < 4.78 is 6.96. The molecule has 25 heavy (non-hydrogen) atoms. The van der Waals surface area contributed by atoms with E-state index in [1.165, 1.54) is 11.8 Å². The lowest BCUT2D eigenvalue weighted by Gasteiger charge is -2.17. The van der Waals surface area contributed by atoms with Crippen LogP contribution in [0.25, 0.3) is 0 Å². The predicted octanol–water partition coefficient (Wildman–Crippen LogP) is 5.12. The van der Waals surface area contributed by atoms with E-state index >= 15 is 0 Å². The van der Waals surface area contributed by atoms with Gasteiger partial charge in [-0.05, 0) is 36.8 Å². The van der Waals surface area contributed by atoms with Gasteiger partial charge in [0.25, 0.3) is 1.43 Å². The minimum Gasteiger partial charge on any atom is -0.508 e. The maximum Gasteiger partial charge on any atom is 0.293 e. The highest BCUT2D eigenvalue weighted by Crippen LogP contribution is 2.41. The number of aryl methyl sites for hydroxylation is 1. The monoisotopic (exact) mass is 352 g/mol. The second kappa shape index (κ2) is 7.45. The van der Waals surface area contributed by atoms with Crippen LogP contribution in [0.4, 0.5) is 0 Å². The number of Topliss-reactive ketones (excluding diaryl/α,β-unsaturated/α-hetero) is 1. The molecule has 0 heterocycles. The van der Waals surface area contributed by atoms with Crippen LogP contribution in [0.5, 0.6) is 11.5 Å². The summed E-state index contributed by atoms with van der Waals surface area (Å²) in [6.45, 7) is 1.97. The van der Waals surface area contributed by atoms with Gasteiger partial charge in [0.1, 0.15) is 11.5 Å². The van der Waals surface area contributed by atoms with Gasteiger partial charge in [-0.15, -0.1) is 11.8 Å². The molecule has 3 aromatic carbocycles. The van der Waals surface area contributed by atoms with Crippen LogP contribution in [-0.2, 0) is 0 Å². The Balaban J connectivity index is 1.98. The number of phenols is 2. The summed E-state index contributed by atoms with van der Waals surface area (Å²) in [5.41, 5.74) is 2.48. The molecule has 1 unspecified atom stereocenters. The summed E-state index contributed by atoms with van der Waals surface area (Å²) >= 11 is 1.30. The van der Waals surface area contributed by atoms with Crippen LogP contribution in [0.1, 0.15) is 26.7 Å². The van der Waals surface area contributed by atoms with E-state index in [2.05, 4.69) is 5.11 Å². The fourth-order valence-electron chi connectivity index (χ4n) is 2.47. The summed E-state index contributed by atoms with van der Waals surface area (Å²) in [7, 11) is 0. The maximum atomic E-state index is 13.2. The van der Waals surface area contributed by atoms with Crippen LogP contribution in [0.3, 0.4) is 0 Å². The molecule has 4 heteroatoms. The Bertz CT molecular complexity index is 892. The van der Waals surface area contributed by atoms with Crippen molar-refractivity contribution in [2.24, 2.45) is 0 Å². The fraction of sp³-hybridized carbons (Fsp3) is 0.0952. The van der Waals surface area contributed by atoms with Crippen LogP contribution < -0.4 is 0 Å². The van der Waals surface area contributed by atoms with E-state index in [1.807, 2.05) is 37.3 Å². The molecule has 0 aliphatic heterocycles. The van der Waals surface area contributed by atoms with Gasteiger partial charge >= 0.3 is 0 Å². The maximum absolute atomic E-state index is 13.2. The van der Waals surface area contributed by atoms with E-state index in [1.54, 1.807) is 42.5 Å². The molecule has 0 fully saturated rings. The van der Waals surface area contributed by atoms with Crippen LogP contribution in [-0.4, -0.2) is 17.4 Å². The molecule has 0 amide bonds. The van der Waals surface area contributed by atoms with Crippen molar-refractivity contribution >= 4 is 17.5 Å². The number of rotatable bonds is 6. The first-order valence-corrected chi connectivity index (χ1v) is 8.75. The van der Waals surface area contributed by atoms with Crippen molar-refractivity contribution < 1.29 is 15.0 Å². The van der Waals surface area contributed by atoms with Crippen molar-refractivity contribution in [1.82, 2.24) is 0 Å². The van der Waals surface area contributed by atoms with Crippen LogP contribution in [0, 0.1) is 6.92 Å². The number of hydrogen-bond donors (Lipinski definition) is 2. The summed E-state index contributed by atoms with van der Waals surface area (Å²) in [6, 6.07) is 21.3. The van der Waals surface area contributed by atoms with Gasteiger partial charge in [0, 0.05) is 5.56 Å². The molecule has 2 N–H and O–H groups in total. The first-order valence-electron chi connectivity index (χ1n) is 8.28. The lowest BCUT2D eigenvalue weighted by molar-refractivity contribution is 0.0989. The van der Waals surface area contributed by atoms with Gasteiger partial charge in [0.05, 0.1) is 10.1 Å². The number of benzene rings is 3. The number of carbonyl (C=O) groups excluding carboxylic acids is 1. The third-order valence-electron chi connectivity index (χ3n) is 3.87. The van der Waals surface area contributed by atoms with Crippen molar-refractivity contribution in [2.75, 3.05) is 0 Å². The topological polar surface area (TPSA) is 57.5 Å². The fourth-order valence-corrected chi connectivity index (χ4v) is 3.60.